The van der Waals surface area contributed by atoms with Crippen LogP contribution in [0.15, 0.2) is 41.0 Å². The first kappa shape index (κ1) is 12.7. The third-order valence-electron chi connectivity index (χ3n) is 3.21. The maximum Gasteiger partial charge on any atom is 0.105 e. The lowest BCUT2D eigenvalue weighted by atomic mass is 10.1. The number of hydrogen-bond donors (Lipinski definition) is 1. The summed E-state index contributed by atoms with van der Waals surface area (Å²) in [7, 11) is 2.08. The van der Waals surface area contributed by atoms with Gasteiger partial charge in [-0.25, -0.2) is 0 Å². The van der Waals surface area contributed by atoms with Crippen molar-refractivity contribution in [1.82, 2.24) is 0 Å². The van der Waals surface area contributed by atoms with Gasteiger partial charge in [0.25, 0.3) is 0 Å². The molecule has 96 valence electrons. The summed E-state index contributed by atoms with van der Waals surface area (Å²) in [5.41, 5.74) is 9.56. The molecule has 1 aromatic heterocycles. The fourth-order valence-corrected chi connectivity index (χ4v) is 2.14. The van der Waals surface area contributed by atoms with E-state index in [4.69, 9.17) is 10.2 Å². The molecule has 0 aliphatic rings. The van der Waals surface area contributed by atoms with Gasteiger partial charge in [0.2, 0.25) is 0 Å². The number of nitrogens with two attached hydrogens (primary N) is 1. The second-order valence-corrected chi connectivity index (χ2v) is 4.71. The first-order valence-corrected chi connectivity index (χ1v) is 6.18. The van der Waals surface area contributed by atoms with Crippen LogP contribution in [0.3, 0.4) is 0 Å². The van der Waals surface area contributed by atoms with Gasteiger partial charge in [-0.2, -0.15) is 0 Å². The largest absolute Gasteiger partial charge is 0.469 e. The normalized spacial score (nSPS) is 12.4. The van der Waals surface area contributed by atoms with Crippen LogP contribution >= 0.6 is 0 Å². The summed E-state index contributed by atoms with van der Waals surface area (Å²) in [6.07, 6.45) is 1.73. The van der Waals surface area contributed by atoms with E-state index >= 15 is 0 Å². The quantitative estimate of drug-likeness (QED) is 0.897. The number of benzene rings is 1. The molecular weight excluding hydrogens is 224 g/mol. The number of anilines is 1. The van der Waals surface area contributed by atoms with Gasteiger partial charge in [0.1, 0.15) is 5.76 Å². The Hall–Kier alpha value is -1.74. The molecule has 0 amide bonds. The highest BCUT2D eigenvalue weighted by Gasteiger charge is 2.11. The Morgan fingerprint density at radius 2 is 2.00 bits per heavy atom. The average molecular weight is 244 g/mol. The van der Waals surface area contributed by atoms with Crippen LogP contribution in [0.1, 0.15) is 29.9 Å². The monoisotopic (exact) mass is 244 g/mol. The molecule has 1 aromatic carbocycles. The van der Waals surface area contributed by atoms with Crippen LogP contribution in [0.2, 0.25) is 0 Å². The Bertz CT molecular complexity index is 517. The first-order chi connectivity index (χ1) is 8.59. The van der Waals surface area contributed by atoms with E-state index in [1.165, 1.54) is 16.8 Å². The minimum Gasteiger partial charge on any atom is -0.469 e. The van der Waals surface area contributed by atoms with Gasteiger partial charge in [0.15, 0.2) is 0 Å². The van der Waals surface area contributed by atoms with Crippen molar-refractivity contribution in [2.24, 2.45) is 5.73 Å². The van der Waals surface area contributed by atoms with Crippen molar-refractivity contribution < 1.29 is 4.42 Å². The number of furan rings is 1. The van der Waals surface area contributed by atoms with Crippen molar-refractivity contribution >= 4 is 5.69 Å². The second kappa shape index (κ2) is 5.27. The van der Waals surface area contributed by atoms with Crippen molar-refractivity contribution in [2.75, 3.05) is 11.9 Å². The molecule has 0 aliphatic carbocycles. The van der Waals surface area contributed by atoms with Gasteiger partial charge in [-0.1, -0.05) is 18.2 Å². The summed E-state index contributed by atoms with van der Waals surface area (Å²) in [5, 5.41) is 0. The van der Waals surface area contributed by atoms with Crippen LogP contribution in [0.5, 0.6) is 0 Å². The molecule has 1 atom stereocenters. The highest BCUT2D eigenvalue weighted by molar-refractivity contribution is 5.54. The molecule has 2 rings (SSSR count). The third-order valence-corrected chi connectivity index (χ3v) is 3.21. The van der Waals surface area contributed by atoms with E-state index in [-0.39, 0.29) is 6.04 Å². The molecule has 0 unspecified atom stereocenters. The fraction of sp³-hybridized carbons (Fsp3) is 0.333. The standard InChI is InChI=1S/C15H20N2O/c1-11(16)14-6-4-5-7-15(14)17(3)10-13-8-9-18-12(13)2/h4-9,11H,10,16H2,1-3H3/t11-/m1/s1. The molecule has 2 aromatic rings. The third kappa shape index (κ3) is 2.57. The van der Waals surface area contributed by atoms with E-state index in [2.05, 4.69) is 24.1 Å². The number of para-hydroxylation sites is 1. The summed E-state index contributed by atoms with van der Waals surface area (Å²) < 4.78 is 5.33. The van der Waals surface area contributed by atoms with Crippen LogP contribution in [0, 0.1) is 6.92 Å². The Morgan fingerprint density at radius 3 is 2.61 bits per heavy atom. The summed E-state index contributed by atoms with van der Waals surface area (Å²) in [6, 6.07) is 10.3. The van der Waals surface area contributed by atoms with Gasteiger partial charge in [0, 0.05) is 30.9 Å². The van der Waals surface area contributed by atoms with Crippen LogP contribution < -0.4 is 10.6 Å². The fourth-order valence-electron chi connectivity index (χ4n) is 2.14. The maximum absolute atomic E-state index is 6.01. The molecule has 18 heavy (non-hydrogen) atoms. The summed E-state index contributed by atoms with van der Waals surface area (Å²) in [5.74, 6) is 0.972. The predicted molar refractivity (Wildman–Crippen MR) is 74.6 cm³/mol. The van der Waals surface area contributed by atoms with E-state index in [1.54, 1.807) is 6.26 Å². The molecule has 1 heterocycles. The summed E-state index contributed by atoms with van der Waals surface area (Å²) >= 11 is 0. The molecule has 0 spiro atoms. The SMILES string of the molecule is Cc1occc1CN(C)c1ccccc1[C@@H](C)N. The Morgan fingerprint density at radius 1 is 1.28 bits per heavy atom. The topological polar surface area (TPSA) is 42.4 Å². The molecule has 2 N–H and O–H groups in total. The molecule has 0 radical (unpaired) electrons. The first-order valence-electron chi connectivity index (χ1n) is 6.18. The number of hydrogen-bond acceptors (Lipinski definition) is 3. The smallest absolute Gasteiger partial charge is 0.105 e. The molecule has 0 saturated heterocycles. The lowest BCUT2D eigenvalue weighted by molar-refractivity contribution is 0.529. The number of aryl methyl sites for hydroxylation is 1. The van der Waals surface area contributed by atoms with E-state index in [1.807, 2.05) is 32.0 Å². The van der Waals surface area contributed by atoms with E-state index < -0.39 is 0 Å². The Balaban J connectivity index is 2.24. The zero-order chi connectivity index (χ0) is 13.1. The molecule has 0 aliphatic heterocycles. The highest BCUT2D eigenvalue weighted by atomic mass is 16.3. The predicted octanol–water partition coefficient (Wildman–Crippen LogP) is 3.24. The lowest BCUT2D eigenvalue weighted by Crippen LogP contribution is -2.20. The van der Waals surface area contributed by atoms with Crippen LogP contribution in [-0.2, 0) is 6.54 Å². The highest BCUT2D eigenvalue weighted by Crippen LogP contribution is 2.25. The van der Waals surface area contributed by atoms with Crippen molar-refractivity contribution in [2.45, 2.75) is 26.4 Å². The van der Waals surface area contributed by atoms with Gasteiger partial charge in [0.05, 0.1) is 6.26 Å². The van der Waals surface area contributed by atoms with Gasteiger partial charge in [-0.05, 0) is 31.5 Å². The molecule has 0 bridgehead atoms. The Labute approximate surface area is 108 Å². The maximum atomic E-state index is 6.01. The van der Waals surface area contributed by atoms with Crippen molar-refractivity contribution in [3.8, 4) is 0 Å². The van der Waals surface area contributed by atoms with Crippen LogP contribution in [0.4, 0.5) is 5.69 Å². The molecular formula is C15H20N2O. The minimum absolute atomic E-state index is 0.0362. The summed E-state index contributed by atoms with van der Waals surface area (Å²) in [6.45, 7) is 4.82. The number of rotatable bonds is 4. The summed E-state index contributed by atoms with van der Waals surface area (Å²) in [4.78, 5) is 2.20. The van der Waals surface area contributed by atoms with Crippen LogP contribution in [-0.4, -0.2) is 7.05 Å². The van der Waals surface area contributed by atoms with E-state index in [0.717, 1.165) is 12.3 Å². The number of nitrogens with zero attached hydrogens (tertiary/aromatic N) is 1. The lowest BCUT2D eigenvalue weighted by Gasteiger charge is -2.23. The van der Waals surface area contributed by atoms with Gasteiger partial charge >= 0.3 is 0 Å². The minimum atomic E-state index is 0.0362. The second-order valence-electron chi connectivity index (χ2n) is 4.71. The van der Waals surface area contributed by atoms with E-state index in [0.29, 0.717) is 0 Å². The average Bonchev–Trinajstić information content (AvgIpc) is 2.75. The molecule has 3 heteroatoms. The zero-order valence-corrected chi connectivity index (χ0v) is 11.2. The van der Waals surface area contributed by atoms with Gasteiger partial charge in [-0.3, -0.25) is 0 Å². The molecule has 0 fully saturated rings. The Kier molecular flexibility index (Phi) is 3.72. The van der Waals surface area contributed by atoms with Crippen molar-refractivity contribution in [3.05, 3.63) is 53.5 Å². The van der Waals surface area contributed by atoms with Gasteiger partial charge in [-0.15, -0.1) is 0 Å². The zero-order valence-electron chi connectivity index (χ0n) is 11.2. The van der Waals surface area contributed by atoms with E-state index in [9.17, 15) is 0 Å². The van der Waals surface area contributed by atoms with Crippen molar-refractivity contribution in [1.29, 1.82) is 0 Å². The van der Waals surface area contributed by atoms with Gasteiger partial charge < -0.3 is 15.1 Å². The molecule has 3 nitrogen and oxygen atoms in total. The van der Waals surface area contributed by atoms with Crippen LogP contribution in [0.25, 0.3) is 0 Å². The van der Waals surface area contributed by atoms with Crippen molar-refractivity contribution in [3.63, 3.8) is 0 Å². The molecule has 0 saturated carbocycles.